The molecule has 3 rings (SSSR count). The van der Waals surface area contributed by atoms with Crippen LogP contribution in [-0.4, -0.2) is 44.5 Å². The minimum absolute atomic E-state index is 0.335. The predicted molar refractivity (Wildman–Crippen MR) is 112 cm³/mol. The van der Waals surface area contributed by atoms with Crippen LogP contribution in [0.15, 0.2) is 59.8 Å². The summed E-state index contributed by atoms with van der Waals surface area (Å²) in [5.41, 5.74) is 1.93. The Morgan fingerprint density at radius 1 is 1.10 bits per heavy atom. The summed E-state index contributed by atoms with van der Waals surface area (Å²) in [6.45, 7) is 2.48. The predicted octanol–water partition coefficient (Wildman–Crippen LogP) is 2.24. The van der Waals surface area contributed by atoms with Crippen LogP contribution in [0.4, 0.5) is 4.79 Å². The van der Waals surface area contributed by atoms with Crippen LogP contribution < -0.4 is 15.4 Å². The molecule has 2 aromatic carbocycles. The molecule has 0 spiro atoms. The molecule has 10 heteroatoms. The molecular formula is C20H22N6O3S. The largest absolute Gasteiger partial charge is 0.497 e. The topological polar surface area (TPSA) is 111 Å². The number of amides is 3. The standard InChI is InChI=1S/C20H22N6O3S/c1-14(18(27)22-19(28)21-12-15-6-4-3-5-7-15)30-20-23-24-25-26(20)13-16-8-10-17(29-2)11-9-16/h3-11,14H,12-13H2,1-2H3,(H2,21,22,27,28). The lowest BCUT2D eigenvalue weighted by atomic mass is 10.2. The van der Waals surface area contributed by atoms with Gasteiger partial charge in [-0.05, 0) is 40.6 Å². The highest BCUT2D eigenvalue weighted by molar-refractivity contribution is 8.00. The number of nitrogens with zero attached hydrogens (tertiary/aromatic N) is 4. The summed E-state index contributed by atoms with van der Waals surface area (Å²) in [5.74, 6) is 0.338. The average molecular weight is 427 g/mol. The molecule has 3 amide bonds. The van der Waals surface area contributed by atoms with Crippen LogP contribution in [0, 0.1) is 0 Å². The van der Waals surface area contributed by atoms with Crippen molar-refractivity contribution in [1.29, 1.82) is 0 Å². The fourth-order valence-electron chi connectivity index (χ4n) is 2.53. The van der Waals surface area contributed by atoms with Gasteiger partial charge in [0.25, 0.3) is 0 Å². The highest BCUT2D eigenvalue weighted by Crippen LogP contribution is 2.21. The Labute approximate surface area is 178 Å². The van der Waals surface area contributed by atoms with Gasteiger partial charge in [0, 0.05) is 6.54 Å². The Bertz CT molecular complexity index is 978. The first-order valence-corrected chi connectivity index (χ1v) is 10.1. The van der Waals surface area contributed by atoms with Crippen molar-refractivity contribution >= 4 is 23.7 Å². The van der Waals surface area contributed by atoms with Gasteiger partial charge in [-0.1, -0.05) is 54.2 Å². The van der Waals surface area contributed by atoms with Crippen LogP contribution in [-0.2, 0) is 17.9 Å². The lowest BCUT2D eigenvalue weighted by Gasteiger charge is -2.12. The zero-order valence-corrected chi connectivity index (χ0v) is 17.4. The van der Waals surface area contributed by atoms with Gasteiger partial charge in [-0.2, -0.15) is 0 Å². The molecule has 0 fully saturated rings. The van der Waals surface area contributed by atoms with E-state index in [1.165, 1.54) is 11.8 Å². The van der Waals surface area contributed by atoms with Gasteiger partial charge >= 0.3 is 6.03 Å². The fourth-order valence-corrected chi connectivity index (χ4v) is 3.32. The van der Waals surface area contributed by atoms with Crippen molar-refractivity contribution < 1.29 is 14.3 Å². The molecule has 9 nitrogen and oxygen atoms in total. The van der Waals surface area contributed by atoms with Gasteiger partial charge in [0.2, 0.25) is 11.1 Å². The van der Waals surface area contributed by atoms with Crippen molar-refractivity contribution in [3.63, 3.8) is 0 Å². The van der Waals surface area contributed by atoms with Crippen molar-refractivity contribution in [2.75, 3.05) is 7.11 Å². The van der Waals surface area contributed by atoms with E-state index in [0.717, 1.165) is 16.9 Å². The highest BCUT2D eigenvalue weighted by atomic mass is 32.2. The molecule has 1 atom stereocenters. The molecule has 0 saturated heterocycles. The monoisotopic (exact) mass is 426 g/mol. The van der Waals surface area contributed by atoms with Crippen LogP contribution in [0.25, 0.3) is 0 Å². The minimum atomic E-state index is -0.562. The van der Waals surface area contributed by atoms with E-state index in [-0.39, 0.29) is 0 Å². The summed E-state index contributed by atoms with van der Waals surface area (Å²) in [6.07, 6.45) is 0. The molecule has 1 unspecified atom stereocenters. The zero-order chi connectivity index (χ0) is 21.3. The molecule has 2 N–H and O–H groups in total. The number of carbonyl (C=O) groups excluding carboxylic acids is 2. The molecule has 0 radical (unpaired) electrons. The summed E-state index contributed by atoms with van der Waals surface area (Å²) in [6, 6.07) is 16.5. The molecule has 0 bridgehead atoms. The van der Waals surface area contributed by atoms with Crippen LogP contribution in [0.1, 0.15) is 18.1 Å². The second-order valence-corrected chi connectivity index (χ2v) is 7.69. The third kappa shape index (κ3) is 6.05. The lowest BCUT2D eigenvalue weighted by Crippen LogP contribution is -2.42. The first-order valence-electron chi connectivity index (χ1n) is 9.23. The molecule has 1 heterocycles. The Morgan fingerprint density at radius 3 is 2.53 bits per heavy atom. The minimum Gasteiger partial charge on any atom is -0.497 e. The summed E-state index contributed by atoms with van der Waals surface area (Å²) < 4.78 is 6.76. The maximum absolute atomic E-state index is 12.3. The van der Waals surface area contributed by atoms with E-state index in [1.54, 1.807) is 18.7 Å². The molecule has 156 valence electrons. The maximum Gasteiger partial charge on any atom is 0.321 e. The summed E-state index contributed by atoms with van der Waals surface area (Å²) in [4.78, 5) is 24.3. The van der Waals surface area contributed by atoms with E-state index in [1.807, 2.05) is 54.6 Å². The summed E-state index contributed by atoms with van der Waals surface area (Å²) in [7, 11) is 1.61. The van der Waals surface area contributed by atoms with Gasteiger partial charge in [0.15, 0.2) is 0 Å². The number of benzene rings is 2. The Kier molecular flexibility index (Phi) is 7.39. The molecule has 1 aromatic heterocycles. The normalized spacial score (nSPS) is 11.5. The zero-order valence-electron chi connectivity index (χ0n) is 16.6. The fraction of sp³-hybridized carbons (Fsp3) is 0.250. The number of carbonyl (C=O) groups is 2. The first-order chi connectivity index (χ1) is 14.5. The van der Waals surface area contributed by atoms with Crippen molar-refractivity contribution in [3.05, 3.63) is 65.7 Å². The number of rotatable bonds is 8. The van der Waals surface area contributed by atoms with E-state index in [0.29, 0.717) is 18.2 Å². The van der Waals surface area contributed by atoms with Gasteiger partial charge in [-0.3, -0.25) is 10.1 Å². The van der Waals surface area contributed by atoms with E-state index in [9.17, 15) is 9.59 Å². The molecular weight excluding hydrogens is 404 g/mol. The van der Waals surface area contributed by atoms with Gasteiger partial charge in [0.1, 0.15) is 5.75 Å². The van der Waals surface area contributed by atoms with Crippen molar-refractivity contribution in [2.45, 2.75) is 30.4 Å². The van der Waals surface area contributed by atoms with Gasteiger partial charge in [-0.25, -0.2) is 9.48 Å². The molecule has 0 aliphatic rings. The first kappa shape index (κ1) is 21.3. The van der Waals surface area contributed by atoms with Crippen LogP contribution in [0.2, 0.25) is 0 Å². The number of aromatic nitrogens is 4. The smallest absolute Gasteiger partial charge is 0.321 e. The molecule has 30 heavy (non-hydrogen) atoms. The van der Waals surface area contributed by atoms with Gasteiger partial charge in [-0.15, -0.1) is 5.10 Å². The molecule has 3 aromatic rings. The quantitative estimate of drug-likeness (QED) is 0.531. The lowest BCUT2D eigenvalue weighted by molar-refractivity contribution is -0.119. The van der Waals surface area contributed by atoms with Crippen molar-refractivity contribution in [2.24, 2.45) is 0 Å². The maximum atomic E-state index is 12.3. The second-order valence-electron chi connectivity index (χ2n) is 6.38. The van der Waals surface area contributed by atoms with Crippen molar-refractivity contribution in [3.8, 4) is 5.75 Å². The Balaban J connectivity index is 1.51. The van der Waals surface area contributed by atoms with Crippen LogP contribution in [0.3, 0.4) is 0 Å². The third-order valence-electron chi connectivity index (χ3n) is 4.17. The number of imide groups is 1. The Morgan fingerprint density at radius 2 is 1.83 bits per heavy atom. The number of nitrogens with one attached hydrogen (secondary N) is 2. The summed E-state index contributed by atoms with van der Waals surface area (Å²) in [5, 5.41) is 16.6. The van der Waals surface area contributed by atoms with Crippen molar-refractivity contribution in [1.82, 2.24) is 30.8 Å². The van der Waals surface area contributed by atoms with Crippen LogP contribution in [0.5, 0.6) is 5.75 Å². The number of hydrogen-bond acceptors (Lipinski definition) is 7. The van der Waals surface area contributed by atoms with Gasteiger partial charge in [0.05, 0.1) is 18.9 Å². The second kappa shape index (κ2) is 10.4. The van der Waals surface area contributed by atoms with E-state index in [2.05, 4.69) is 26.2 Å². The SMILES string of the molecule is COc1ccc(Cn2nnnc2SC(C)C(=O)NC(=O)NCc2ccccc2)cc1. The third-order valence-corrected chi connectivity index (χ3v) is 5.25. The van der Waals surface area contributed by atoms with E-state index >= 15 is 0 Å². The number of tetrazole rings is 1. The Hall–Kier alpha value is -3.40. The van der Waals surface area contributed by atoms with Gasteiger partial charge < -0.3 is 10.1 Å². The molecule has 0 aliphatic carbocycles. The number of ether oxygens (including phenoxy) is 1. The highest BCUT2D eigenvalue weighted by Gasteiger charge is 2.20. The average Bonchev–Trinajstić information content (AvgIpc) is 3.20. The number of urea groups is 1. The van der Waals surface area contributed by atoms with E-state index in [4.69, 9.17) is 4.74 Å². The number of hydrogen-bond donors (Lipinski definition) is 2. The van der Waals surface area contributed by atoms with E-state index < -0.39 is 17.2 Å². The summed E-state index contributed by atoms with van der Waals surface area (Å²) >= 11 is 1.18. The van der Waals surface area contributed by atoms with Crippen LogP contribution >= 0.6 is 11.8 Å². The number of methoxy groups -OCH3 is 1. The molecule has 0 saturated carbocycles. The molecule has 0 aliphatic heterocycles. The number of thioether (sulfide) groups is 1.